The summed E-state index contributed by atoms with van der Waals surface area (Å²) >= 11 is 0. The third kappa shape index (κ3) is 7.74. The molecule has 0 radical (unpaired) electrons. The van der Waals surface area contributed by atoms with Gasteiger partial charge < -0.3 is 10.2 Å². The zero-order valence-electron chi connectivity index (χ0n) is 13.1. The van der Waals surface area contributed by atoms with Crippen LogP contribution in [0.25, 0.3) is 0 Å². The Morgan fingerprint density at radius 1 is 0.905 bits per heavy atom. The largest absolute Gasteiger partial charge is 0.504 e. The lowest BCUT2D eigenvalue weighted by Gasteiger charge is -2.04. The molecule has 0 heterocycles. The maximum absolute atomic E-state index is 11.8. The number of ketones is 1. The van der Waals surface area contributed by atoms with Gasteiger partial charge in [-0.05, 0) is 37.0 Å². The van der Waals surface area contributed by atoms with Crippen LogP contribution in [0.3, 0.4) is 0 Å². The van der Waals surface area contributed by atoms with Gasteiger partial charge in [0.25, 0.3) is 0 Å². The zero-order valence-corrected chi connectivity index (χ0v) is 13.1. The second-order valence-electron chi connectivity index (χ2n) is 5.73. The summed E-state index contributed by atoms with van der Waals surface area (Å²) in [4.78, 5) is 11.8. The Kier molecular flexibility index (Phi) is 8.56. The van der Waals surface area contributed by atoms with Crippen LogP contribution in [0.2, 0.25) is 0 Å². The highest BCUT2D eigenvalue weighted by Crippen LogP contribution is 2.25. The van der Waals surface area contributed by atoms with Crippen molar-refractivity contribution >= 4 is 5.78 Å². The molecule has 0 atom stereocenters. The SMILES string of the molecule is CCCCCCCCC(=O)CCCc1ccc(O)c(O)c1. The number of aromatic hydroxyl groups is 2. The first-order valence-corrected chi connectivity index (χ1v) is 8.16. The first kappa shape index (κ1) is 17.5. The number of Topliss-reactive ketones (excluding diaryl/α,β-unsaturated/α-hetero) is 1. The molecule has 0 aliphatic carbocycles. The molecule has 0 bridgehead atoms. The van der Waals surface area contributed by atoms with Crippen molar-refractivity contribution < 1.29 is 15.0 Å². The number of carbonyl (C=O) groups excluding carboxylic acids is 1. The minimum Gasteiger partial charge on any atom is -0.504 e. The molecule has 0 aliphatic heterocycles. The van der Waals surface area contributed by atoms with Crippen molar-refractivity contribution in [3.63, 3.8) is 0 Å². The highest BCUT2D eigenvalue weighted by molar-refractivity contribution is 5.78. The Morgan fingerprint density at radius 2 is 1.57 bits per heavy atom. The lowest BCUT2D eigenvalue weighted by atomic mass is 10.0. The monoisotopic (exact) mass is 292 g/mol. The number of phenolic OH excluding ortho intramolecular Hbond substituents is 2. The minimum atomic E-state index is -0.0992. The fourth-order valence-electron chi connectivity index (χ4n) is 2.44. The van der Waals surface area contributed by atoms with Crippen LogP contribution in [0.4, 0.5) is 0 Å². The Bertz CT molecular complexity index is 426. The molecule has 0 amide bonds. The van der Waals surface area contributed by atoms with Gasteiger partial charge in [0.2, 0.25) is 0 Å². The number of rotatable bonds is 11. The molecule has 0 unspecified atom stereocenters. The van der Waals surface area contributed by atoms with Crippen molar-refractivity contribution in [2.24, 2.45) is 0 Å². The normalized spacial score (nSPS) is 10.7. The maximum Gasteiger partial charge on any atom is 0.157 e. The summed E-state index contributed by atoms with van der Waals surface area (Å²) in [7, 11) is 0. The molecule has 118 valence electrons. The Labute approximate surface area is 128 Å². The van der Waals surface area contributed by atoms with E-state index < -0.39 is 0 Å². The molecule has 0 aliphatic rings. The summed E-state index contributed by atoms with van der Waals surface area (Å²) in [5.41, 5.74) is 0.956. The van der Waals surface area contributed by atoms with E-state index in [-0.39, 0.29) is 11.5 Å². The average molecular weight is 292 g/mol. The van der Waals surface area contributed by atoms with Crippen molar-refractivity contribution in [2.75, 3.05) is 0 Å². The minimum absolute atomic E-state index is 0.0918. The molecule has 2 N–H and O–H groups in total. The van der Waals surface area contributed by atoms with Crippen LogP contribution in [0.5, 0.6) is 11.5 Å². The van der Waals surface area contributed by atoms with E-state index in [1.54, 1.807) is 12.1 Å². The molecule has 3 heteroatoms. The molecule has 0 saturated heterocycles. The molecule has 0 aromatic heterocycles. The number of benzene rings is 1. The first-order chi connectivity index (χ1) is 10.1. The van der Waals surface area contributed by atoms with Crippen molar-refractivity contribution in [3.05, 3.63) is 23.8 Å². The van der Waals surface area contributed by atoms with Crippen LogP contribution in [-0.4, -0.2) is 16.0 Å². The van der Waals surface area contributed by atoms with Gasteiger partial charge in [0, 0.05) is 12.8 Å². The number of carbonyl (C=O) groups is 1. The van der Waals surface area contributed by atoms with Gasteiger partial charge in [0.05, 0.1) is 0 Å². The van der Waals surface area contributed by atoms with E-state index in [2.05, 4.69) is 6.92 Å². The summed E-state index contributed by atoms with van der Waals surface area (Å²) < 4.78 is 0. The molecule has 1 aromatic rings. The first-order valence-electron chi connectivity index (χ1n) is 8.16. The summed E-state index contributed by atoms with van der Waals surface area (Å²) in [5, 5.41) is 18.6. The zero-order chi connectivity index (χ0) is 15.5. The molecule has 1 aromatic carbocycles. The van der Waals surface area contributed by atoms with Gasteiger partial charge >= 0.3 is 0 Å². The van der Waals surface area contributed by atoms with Crippen LogP contribution in [0.15, 0.2) is 18.2 Å². The lowest BCUT2D eigenvalue weighted by Crippen LogP contribution is -1.99. The van der Waals surface area contributed by atoms with E-state index in [1.807, 2.05) is 0 Å². The van der Waals surface area contributed by atoms with Gasteiger partial charge in [-0.15, -0.1) is 0 Å². The van der Waals surface area contributed by atoms with Crippen molar-refractivity contribution in [1.82, 2.24) is 0 Å². The second-order valence-corrected chi connectivity index (χ2v) is 5.73. The van der Waals surface area contributed by atoms with Crippen molar-refractivity contribution in [3.8, 4) is 11.5 Å². The maximum atomic E-state index is 11.8. The topological polar surface area (TPSA) is 57.5 Å². The highest BCUT2D eigenvalue weighted by atomic mass is 16.3. The molecular formula is C18H28O3. The van der Waals surface area contributed by atoms with E-state index >= 15 is 0 Å². The average Bonchev–Trinajstić information content (AvgIpc) is 2.46. The van der Waals surface area contributed by atoms with E-state index in [9.17, 15) is 15.0 Å². The second kappa shape index (κ2) is 10.3. The summed E-state index contributed by atoms with van der Waals surface area (Å²) in [6.07, 6.45) is 10.1. The van der Waals surface area contributed by atoms with Crippen LogP contribution < -0.4 is 0 Å². The van der Waals surface area contributed by atoms with E-state index in [0.717, 1.165) is 31.2 Å². The van der Waals surface area contributed by atoms with Crippen molar-refractivity contribution in [2.45, 2.75) is 71.1 Å². The van der Waals surface area contributed by atoms with Gasteiger partial charge in [0.1, 0.15) is 5.78 Å². The standard InChI is InChI=1S/C18H28O3/c1-2-3-4-5-6-7-10-16(19)11-8-9-15-12-13-17(20)18(21)14-15/h12-14,20-21H,2-11H2,1H3. The third-order valence-corrected chi connectivity index (χ3v) is 3.77. The molecule has 0 saturated carbocycles. The Morgan fingerprint density at radius 3 is 2.29 bits per heavy atom. The van der Waals surface area contributed by atoms with E-state index in [1.165, 1.54) is 31.7 Å². The van der Waals surface area contributed by atoms with E-state index in [4.69, 9.17) is 0 Å². The number of aryl methyl sites for hydroxylation is 1. The fourth-order valence-corrected chi connectivity index (χ4v) is 2.44. The fraction of sp³-hybridized carbons (Fsp3) is 0.611. The number of unbranched alkanes of at least 4 members (excludes halogenated alkanes) is 5. The predicted molar refractivity (Wildman–Crippen MR) is 85.7 cm³/mol. The van der Waals surface area contributed by atoms with E-state index in [0.29, 0.717) is 18.6 Å². The smallest absolute Gasteiger partial charge is 0.157 e. The summed E-state index contributed by atoms with van der Waals surface area (Å²) in [6, 6.07) is 4.84. The summed E-state index contributed by atoms with van der Waals surface area (Å²) in [5.74, 6) is 0.150. The third-order valence-electron chi connectivity index (χ3n) is 3.77. The molecule has 3 nitrogen and oxygen atoms in total. The number of hydrogen-bond donors (Lipinski definition) is 2. The van der Waals surface area contributed by atoms with Crippen molar-refractivity contribution in [1.29, 1.82) is 0 Å². The highest BCUT2D eigenvalue weighted by Gasteiger charge is 2.04. The molecule has 0 fully saturated rings. The van der Waals surface area contributed by atoms with Gasteiger partial charge in [-0.2, -0.15) is 0 Å². The van der Waals surface area contributed by atoms with Crippen LogP contribution >= 0.6 is 0 Å². The Balaban J connectivity index is 2.09. The summed E-state index contributed by atoms with van der Waals surface area (Å²) in [6.45, 7) is 2.21. The lowest BCUT2D eigenvalue weighted by molar-refractivity contribution is -0.119. The Hall–Kier alpha value is -1.51. The number of phenols is 2. The van der Waals surface area contributed by atoms with Gasteiger partial charge in [0.15, 0.2) is 11.5 Å². The molecule has 21 heavy (non-hydrogen) atoms. The predicted octanol–water partition coefficient (Wildman–Crippen LogP) is 4.74. The molecule has 0 spiro atoms. The van der Waals surface area contributed by atoms with Crippen LogP contribution in [-0.2, 0) is 11.2 Å². The van der Waals surface area contributed by atoms with Crippen LogP contribution in [0.1, 0.15) is 70.3 Å². The number of hydrogen-bond acceptors (Lipinski definition) is 3. The molecule has 1 rings (SSSR count). The molecular weight excluding hydrogens is 264 g/mol. The van der Waals surface area contributed by atoms with Crippen LogP contribution in [0, 0.1) is 0 Å². The van der Waals surface area contributed by atoms with Gasteiger partial charge in [-0.25, -0.2) is 0 Å². The van der Waals surface area contributed by atoms with Gasteiger partial charge in [-0.1, -0.05) is 45.1 Å². The quantitative estimate of drug-likeness (QED) is 0.457. The van der Waals surface area contributed by atoms with Gasteiger partial charge in [-0.3, -0.25) is 4.79 Å².